The van der Waals surface area contributed by atoms with Crippen molar-refractivity contribution in [2.45, 2.75) is 38.6 Å². The predicted octanol–water partition coefficient (Wildman–Crippen LogP) is 3.30. The maximum absolute atomic E-state index is 12.2. The molecule has 2 aromatic rings. The molecular formula is C16H21N3OS2. The highest BCUT2D eigenvalue weighted by Crippen LogP contribution is 2.29. The molecule has 0 saturated carbocycles. The summed E-state index contributed by atoms with van der Waals surface area (Å²) >= 11 is 3.31. The molecule has 1 fully saturated rings. The van der Waals surface area contributed by atoms with E-state index in [9.17, 15) is 4.79 Å². The van der Waals surface area contributed by atoms with Crippen molar-refractivity contribution in [3.8, 4) is 0 Å². The van der Waals surface area contributed by atoms with Gasteiger partial charge in [0.15, 0.2) is 0 Å². The summed E-state index contributed by atoms with van der Waals surface area (Å²) in [5.41, 5.74) is 3.00. The molecule has 1 unspecified atom stereocenters. The molecule has 22 heavy (non-hydrogen) atoms. The highest BCUT2D eigenvalue weighted by molar-refractivity contribution is 7.14. The lowest BCUT2D eigenvalue weighted by Crippen LogP contribution is -2.23. The van der Waals surface area contributed by atoms with Crippen LogP contribution in [-0.2, 0) is 6.42 Å². The van der Waals surface area contributed by atoms with Gasteiger partial charge in [0.2, 0.25) is 0 Å². The van der Waals surface area contributed by atoms with Gasteiger partial charge in [0.05, 0.1) is 16.1 Å². The van der Waals surface area contributed by atoms with E-state index in [4.69, 9.17) is 0 Å². The largest absolute Gasteiger partial charge is 0.351 e. The Bertz CT molecular complexity index is 629. The molecule has 1 aliphatic rings. The highest BCUT2D eigenvalue weighted by Gasteiger charge is 2.19. The van der Waals surface area contributed by atoms with Crippen molar-refractivity contribution in [3.63, 3.8) is 0 Å². The van der Waals surface area contributed by atoms with Crippen LogP contribution in [-0.4, -0.2) is 24.0 Å². The lowest BCUT2D eigenvalue weighted by Gasteiger charge is -2.06. The molecule has 0 aliphatic carbocycles. The number of aromatic nitrogens is 1. The van der Waals surface area contributed by atoms with Gasteiger partial charge in [0.1, 0.15) is 0 Å². The van der Waals surface area contributed by atoms with Crippen molar-refractivity contribution in [3.05, 3.63) is 38.0 Å². The second-order valence-electron chi connectivity index (χ2n) is 5.57. The molecule has 6 heteroatoms. The van der Waals surface area contributed by atoms with Gasteiger partial charge >= 0.3 is 0 Å². The maximum atomic E-state index is 12.2. The number of hydrogen-bond donors (Lipinski definition) is 2. The fourth-order valence-electron chi connectivity index (χ4n) is 2.69. The Kier molecular flexibility index (Phi) is 5.23. The topological polar surface area (TPSA) is 54.0 Å². The van der Waals surface area contributed by atoms with E-state index >= 15 is 0 Å². The standard InChI is InChI=1S/C16H21N3OS2/c1-11-13(21-10-19-11)5-3-9-18-16(20)15-7-6-14(22-15)12-4-2-8-17-12/h6-7,10,12,17H,2-5,8-9H2,1H3,(H,18,20). The zero-order valence-electron chi connectivity index (χ0n) is 12.7. The molecule has 4 nitrogen and oxygen atoms in total. The minimum absolute atomic E-state index is 0.0512. The third-order valence-electron chi connectivity index (χ3n) is 3.97. The first-order valence-corrected chi connectivity index (χ1v) is 9.44. The summed E-state index contributed by atoms with van der Waals surface area (Å²) in [6, 6.07) is 4.48. The Morgan fingerprint density at radius 3 is 3.14 bits per heavy atom. The van der Waals surface area contributed by atoms with Crippen LogP contribution in [0.1, 0.15) is 50.4 Å². The van der Waals surface area contributed by atoms with Gasteiger partial charge in [-0.3, -0.25) is 4.79 Å². The maximum Gasteiger partial charge on any atom is 0.261 e. The summed E-state index contributed by atoms with van der Waals surface area (Å²) in [5, 5.41) is 6.49. The van der Waals surface area contributed by atoms with Crippen molar-refractivity contribution < 1.29 is 4.79 Å². The third-order valence-corrected chi connectivity index (χ3v) is 6.16. The lowest BCUT2D eigenvalue weighted by molar-refractivity contribution is 0.0957. The van der Waals surface area contributed by atoms with Gasteiger partial charge in [-0.15, -0.1) is 22.7 Å². The fraction of sp³-hybridized carbons (Fsp3) is 0.500. The molecule has 0 aromatic carbocycles. The van der Waals surface area contributed by atoms with Gasteiger partial charge in [-0.1, -0.05) is 0 Å². The molecule has 2 N–H and O–H groups in total. The quantitative estimate of drug-likeness (QED) is 0.797. The van der Waals surface area contributed by atoms with Gasteiger partial charge in [-0.2, -0.15) is 0 Å². The smallest absolute Gasteiger partial charge is 0.261 e. The van der Waals surface area contributed by atoms with Crippen molar-refractivity contribution in [2.24, 2.45) is 0 Å². The van der Waals surface area contributed by atoms with E-state index in [1.54, 1.807) is 22.7 Å². The van der Waals surface area contributed by atoms with Crippen molar-refractivity contribution >= 4 is 28.6 Å². The molecule has 2 aromatic heterocycles. The third kappa shape index (κ3) is 3.74. The van der Waals surface area contributed by atoms with E-state index in [-0.39, 0.29) is 5.91 Å². The average molecular weight is 335 g/mol. The Morgan fingerprint density at radius 1 is 1.50 bits per heavy atom. The summed E-state index contributed by atoms with van der Waals surface area (Å²) < 4.78 is 0. The molecule has 0 bridgehead atoms. The Balaban J connectivity index is 1.44. The highest BCUT2D eigenvalue weighted by atomic mass is 32.1. The van der Waals surface area contributed by atoms with Crippen LogP contribution in [0.15, 0.2) is 17.6 Å². The summed E-state index contributed by atoms with van der Waals surface area (Å²) in [7, 11) is 0. The monoisotopic (exact) mass is 335 g/mol. The lowest BCUT2D eigenvalue weighted by atomic mass is 10.2. The number of nitrogens with zero attached hydrogens (tertiary/aromatic N) is 1. The van der Waals surface area contributed by atoms with Crippen LogP contribution >= 0.6 is 22.7 Å². The molecule has 1 aliphatic heterocycles. The van der Waals surface area contributed by atoms with Crippen LogP contribution in [0.4, 0.5) is 0 Å². The molecule has 1 saturated heterocycles. The number of thiophene rings is 1. The van der Waals surface area contributed by atoms with Gasteiger partial charge in [0, 0.05) is 22.3 Å². The molecule has 1 atom stereocenters. The van der Waals surface area contributed by atoms with E-state index in [0.29, 0.717) is 12.6 Å². The molecule has 3 rings (SSSR count). The van der Waals surface area contributed by atoms with E-state index in [1.165, 1.54) is 22.6 Å². The van der Waals surface area contributed by atoms with Crippen LogP contribution < -0.4 is 10.6 Å². The van der Waals surface area contributed by atoms with Crippen LogP contribution in [0.5, 0.6) is 0 Å². The van der Waals surface area contributed by atoms with Crippen LogP contribution in [0.3, 0.4) is 0 Å². The number of hydrogen-bond acceptors (Lipinski definition) is 5. The molecule has 1 amide bonds. The van der Waals surface area contributed by atoms with Crippen molar-refractivity contribution in [2.75, 3.05) is 13.1 Å². The number of aryl methyl sites for hydroxylation is 2. The number of carbonyl (C=O) groups excluding carboxylic acids is 1. The van der Waals surface area contributed by atoms with Gasteiger partial charge in [0.25, 0.3) is 5.91 Å². The Labute approximate surface area is 139 Å². The van der Waals surface area contributed by atoms with Gasteiger partial charge in [-0.05, 0) is 51.3 Å². The van der Waals surface area contributed by atoms with Gasteiger partial charge < -0.3 is 10.6 Å². The van der Waals surface area contributed by atoms with Crippen molar-refractivity contribution in [1.29, 1.82) is 0 Å². The average Bonchev–Trinajstić information content (AvgIpc) is 3.24. The SMILES string of the molecule is Cc1ncsc1CCCNC(=O)c1ccc(C2CCCN2)s1. The minimum atomic E-state index is 0.0512. The van der Waals surface area contributed by atoms with Crippen molar-refractivity contribution in [1.82, 2.24) is 15.6 Å². The number of rotatable bonds is 6. The second kappa shape index (κ2) is 7.35. The molecule has 0 spiro atoms. The number of carbonyl (C=O) groups is 1. The first kappa shape index (κ1) is 15.6. The normalized spacial score (nSPS) is 17.8. The van der Waals surface area contributed by atoms with E-state index in [0.717, 1.165) is 30.0 Å². The first-order valence-electron chi connectivity index (χ1n) is 7.74. The molecule has 0 radical (unpaired) electrons. The number of thiazole rings is 1. The van der Waals surface area contributed by atoms with Crippen LogP contribution in [0.2, 0.25) is 0 Å². The molecule has 118 valence electrons. The van der Waals surface area contributed by atoms with Gasteiger partial charge in [-0.25, -0.2) is 4.98 Å². The summed E-state index contributed by atoms with van der Waals surface area (Å²) in [4.78, 5) is 19.8. The van der Waals surface area contributed by atoms with Crippen LogP contribution in [0.25, 0.3) is 0 Å². The summed E-state index contributed by atoms with van der Waals surface area (Å²) in [6.45, 7) is 3.83. The van der Waals surface area contributed by atoms with E-state index in [2.05, 4.69) is 21.7 Å². The molecular weight excluding hydrogens is 314 g/mol. The van der Waals surface area contributed by atoms with E-state index < -0.39 is 0 Å². The number of amides is 1. The Hall–Kier alpha value is -1.24. The second-order valence-corrected chi connectivity index (χ2v) is 7.63. The molecule has 3 heterocycles. The van der Waals surface area contributed by atoms with E-state index in [1.807, 2.05) is 18.5 Å². The van der Waals surface area contributed by atoms with Crippen LogP contribution in [0, 0.1) is 6.92 Å². The zero-order chi connectivity index (χ0) is 15.4. The first-order chi connectivity index (χ1) is 10.7. The minimum Gasteiger partial charge on any atom is -0.351 e. The fourth-order valence-corrected chi connectivity index (χ4v) is 4.55. The zero-order valence-corrected chi connectivity index (χ0v) is 14.4. The number of nitrogens with one attached hydrogen (secondary N) is 2. The Morgan fingerprint density at radius 2 is 2.41 bits per heavy atom. The summed E-state index contributed by atoms with van der Waals surface area (Å²) in [5.74, 6) is 0.0512. The predicted molar refractivity (Wildman–Crippen MR) is 91.8 cm³/mol. The summed E-state index contributed by atoms with van der Waals surface area (Å²) in [6.07, 6.45) is 4.34.